The van der Waals surface area contributed by atoms with Gasteiger partial charge in [0.15, 0.2) is 6.61 Å². The normalized spacial score (nSPS) is 15.8. The highest BCUT2D eigenvalue weighted by Crippen LogP contribution is 2.24. The van der Waals surface area contributed by atoms with E-state index in [2.05, 4.69) is 16.0 Å². The van der Waals surface area contributed by atoms with Crippen LogP contribution in [-0.2, 0) is 9.59 Å². The molecule has 28 heavy (non-hydrogen) atoms. The Morgan fingerprint density at radius 1 is 1.11 bits per heavy atom. The van der Waals surface area contributed by atoms with Crippen LogP contribution in [0.15, 0.2) is 30.3 Å². The first kappa shape index (κ1) is 24.0. The van der Waals surface area contributed by atoms with E-state index >= 15 is 0 Å². The summed E-state index contributed by atoms with van der Waals surface area (Å²) in [6.07, 6.45) is -4.45. The number of ether oxygens (including phenoxy) is 1. The summed E-state index contributed by atoms with van der Waals surface area (Å²) in [6, 6.07) is 6.89. The Kier molecular flexibility index (Phi) is 10.0. The van der Waals surface area contributed by atoms with E-state index in [1.165, 1.54) is 4.90 Å². The molecular formula is C17H24ClF3N4O3. The van der Waals surface area contributed by atoms with E-state index in [0.29, 0.717) is 18.8 Å². The van der Waals surface area contributed by atoms with Gasteiger partial charge in [0.1, 0.15) is 11.8 Å². The summed E-state index contributed by atoms with van der Waals surface area (Å²) >= 11 is 0. The topological polar surface area (TPSA) is 82.7 Å². The van der Waals surface area contributed by atoms with Crippen LogP contribution in [-0.4, -0.2) is 74.8 Å². The Hall–Kier alpha value is -2.04. The minimum atomic E-state index is -4.45. The molecule has 7 nitrogen and oxygen atoms in total. The molecule has 1 atom stereocenters. The highest BCUT2D eigenvalue weighted by atomic mass is 35.5. The average Bonchev–Trinajstić information content (AvgIpc) is 2.65. The number of hydrogen-bond donors (Lipinski definition) is 3. The van der Waals surface area contributed by atoms with Crippen molar-refractivity contribution in [2.75, 3.05) is 45.9 Å². The second kappa shape index (κ2) is 11.7. The molecule has 1 aromatic rings. The van der Waals surface area contributed by atoms with E-state index in [1.807, 2.05) is 0 Å². The van der Waals surface area contributed by atoms with Crippen LogP contribution in [0.4, 0.5) is 13.2 Å². The fourth-order valence-corrected chi connectivity index (χ4v) is 2.61. The molecule has 0 saturated carbocycles. The number of carbonyl (C=O) groups is 2. The van der Waals surface area contributed by atoms with E-state index in [0.717, 1.165) is 0 Å². The monoisotopic (exact) mass is 424 g/mol. The molecule has 1 aromatic carbocycles. The fourth-order valence-electron chi connectivity index (χ4n) is 2.61. The molecule has 1 heterocycles. The van der Waals surface area contributed by atoms with E-state index in [1.54, 1.807) is 30.3 Å². The zero-order valence-electron chi connectivity index (χ0n) is 15.1. The standard InChI is InChI=1S/C17H23F3N4O3.ClH/c18-17(19,20)14(24-8-6-21-7-9-24)10-22-15(25)11-23-16(26)12-27-13-4-2-1-3-5-13;/h1-5,14,21H,6-12H2,(H,22,25)(H,23,26);1H. The highest BCUT2D eigenvalue weighted by molar-refractivity contribution is 5.85. The molecule has 2 amide bonds. The molecule has 1 saturated heterocycles. The van der Waals surface area contributed by atoms with Gasteiger partial charge in [0, 0.05) is 32.7 Å². The first-order valence-electron chi connectivity index (χ1n) is 8.59. The van der Waals surface area contributed by atoms with Crippen molar-refractivity contribution in [1.82, 2.24) is 20.9 Å². The minimum absolute atomic E-state index is 0. The van der Waals surface area contributed by atoms with Crippen molar-refractivity contribution in [1.29, 1.82) is 0 Å². The number of piperazine rings is 1. The molecule has 2 rings (SSSR count). The predicted molar refractivity (Wildman–Crippen MR) is 99.5 cm³/mol. The van der Waals surface area contributed by atoms with Gasteiger partial charge >= 0.3 is 6.18 Å². The smallest absolute Gasteiger partial charge is 0.405 e. The summed E-state index contributed by atoms with van der Waals surface area (Å²) in [5.74, 6) is -0.725. The summed E-state index contributed by atoms with van der Waals surface area (Å²) in [4.78, 5) is 24.7. The average molecular weight is 425 g/mol. The van der Waals surface area contributed by atoms with Crippen molar-refractivity contribution in [3.05, 3.63) is 30.3 Å². The molecule has 1 aliphatic rings. The Balaban J connectivity index is 0.00000392. The van der Waals surface area contributed by atoms with Gasteiger partial charge in [-0.3, -0.25) is 14.5 Å². The maximum atomic E-state index is 13.2. The number of alkyl halides is 3. The molecule has 0 aromatic heterocycles. The SMILES string of the molecule is Cl.O=C(CNC(=O)COc1ccccc1)NCC(N1CCNCC1)C(F)(F)F. The van der Waals surface area contributed by atoms with Crippen LogP contribution < -0.4 is 20.7 Å². The highest BCUT2D eigenvalue weighted by Gasteiger charge is 2.43. The number of hydrogen-bond acceptors (Lipinski definition) is 5. The summed E-state index contributed by atoms with van der Waals surface area (Å²) in [6.45, 7) is 0.197. The van der Waals surface area contributed by atoms with Crippen LogP contribution in [0.5, 0.6) is 5.75 Å². The second-order valence-electron chi connectivity index (χ2n) is 6.03. The summed E-state index contributed by atoms with van der Waals surface area (Å²) in [7, 11) is 0. The van der Waals surface area contributed by atoms with Crippen LogP contribution in [0.1, 0.15) is 0 Å². The van der Waals surface area contributed by atoms with E-state index in [9.17, 15) is 22.8 Å². The molecule has 158 valence electrons. The number of benzene rings is 1. The van der Waals surface area contributed by atoms with E-state index in [-0.39, 0.29) is 32.1 Å². The lowest BCUT2D eigenvalue weighted by molar-refractivity contribution is -0.184. The Bertz CT molecular complexity index is 613. The maximum Gasteiger partial charge on any atom is 0.405 e. The van der Waals surface area contributed by atoms with Gasteiger partial charge in [-0.25, -0.2) is 0 Å². The van der Waals surface area contributed by atoms with Gasteiger partial charge in [-0.1, -0.05) is 18.2 Å². The maximum absolute atomic E-state index is 13.2. The van der Waals surface area contributed by atoms with Crippen LogP contribution in [0, 0.1) is 0 Å². The Morgan fingerprint density at radius 2 is 1.75 bits per heavy atom. The fraction of sp³-hybridized carbons (Fsp3) is 0.529. The number of carbonyl (C=O) groups excluding carboxylic acids is 2. The van der Waals surface area contributed by atoms with Crippen molar-refractivity contribution < 1.29 is 27.5 Å². The van der Waals surface area contributed by atoms with Crippen molar-refractivity contribution >= 4 is 24.2 Å². The van der Waals surface area contributed by atoms with E-state index < -0.39 is 37.1 Å². The third-order valence-electron chi connectivity index (χ3n) is 4.02. The lowest BCUT2D eigenvalue weighted by Gasteiger charge is -2.35. The van der Waals surface area contributed by atoms with Gasteiger partial charge in [-0.05, 0) is 12.1 Å². The number of rotatable bonds is 8. The summed E-state index contributed by atoms with van der Waals surface area (Å²) in [5, 5.41) is 7.54. The Labute approximate surface area is 167 Å². The second-order valence-corrected chi connectivity index (χ2v) is 6.03. The molecule has 1 aliphatic heterocycles. The van der Waals surface area contributed by atoms with Crippen LogP contribution in [0.3, 0.4) is 0 Å². The molecule has 1 unspecified atom stereocenters. The van der Waals surface area contributed by atoms with Gasteiger partial charge in [0.05, 0.1) is 6.54 Å². The van der Waals surface area contributed by atoms with Crippen molar-refractivity contribution in [2.24, 2.45) is 0 Å². The molecule has 0 radical (unpaired) electrons. The van der Waals surface area contributed by atoms with Gasteiger partial charge in [-0.2, -0.15) is 13.2 Å². The number of amides is 2. The van der Waals surface area contributed by atoms with Crippen LogP contribution in [0.2, 0.25) is 0 Å². The molecular weight excluding hydrogens is 401 g/mol. The third kappa shape index (κ3) is 8.32. The minimum Gasteiger partial charge on any atom is -0.484 e. The third-order valence-corrected chi connectivity index (χ3v) is 4.02. The Morgan fingerprint density at radius 3 is 2.36 bits per heavy atom. The predicted octanol–water partition coefficient (Wildman–Crippen LogP) is 0.556. The summed E-state index contributed by atoms with van der Waals surface area (Å²) < 4.78 is 44.9. The van der Waals surface area contributed by atoms with Crippen molar-refractivity contribution in [3.63, 3.8) is 0 Å². The lowest BCUT2D eigenvalue weighted by atomic mass is 10.2. The quantitative estimate of drug-likeness (QED) is 0.568. The molecule has 0 spiro atoms. The largest absolute Gasteiger partial charge is 0.484 e. The van der Waals surface area contributed by atoms with Crippen LogP contribution >= 0.6 is 12.4 Å². The zero-order valence-corrected chi connectivity index (χ0v) is 15.9. The summed E-state index contributed by atoms with van der Waals surface area (Å²) in [5.41, 5.74) is 0. The van der Waals surface area contributed by atoms with Crippen LogP contribution in [0.25, 0.3) is 0 Å². The molecule has 0 aliphatic carbocycles. The number of para-hydroxylation sites is 1. The van der Waals surface area contributed by atoms with Gasteiger partial charge in [0.2, 0.25) is 5.91 Å². The lowest BCUT2D eigenvalue weighted by Crippen LogP contribution is -2.58. The van der Waals surface area contributed by atoms with E-state index in [4.69, 9.17) is 4.74 Å². The zero-order chi connectivity index (χ0) is 19.7. The van der Waals surface area contributed by atoms with Crippen molar-refractivity contribution in [3.8, 4) is 5.75 Å². The van der Waals surface area contributed by atoms with Crippen molar-refractivity contribution in [2.45, 2.75) is 12.2 Å². The molecule has 11 heteroatoms. The first-order chi connectivity index (χ1) is 12.9. The molecule has 1 fully saturated rings. The number of nitrogens with zero attached hydrogens (tertiary/aromatic N) is 1. The first-order valence-corrected chi connectivity index (χ1v) is 8.59. The van der Waals surface area contributed by atoms with Gasteiger partial charge < -0.3 is 20.7 Å². The van der Waals surface area contributed by atoms with Gasteiger partial charge in [-0.15, -0.1) is 12.4 Å². The molecule has 3 N–H and O–H groups in total. The number of nitrogens with one attached hydrogen (secondary N) is 3. The van der Waals surface area contributed by atoms with Gasteiger partial charge in [0.25, 0.3) is 5.91 Å². The molecule has 0 bridgehead atoms. The number of halogens is 4.